The zero-order valence-corrected chi connectivity index (χ0v) is 10.3. The van der Waals surface area contributed by atoms with Crippen LogP contribution in [0.4, 0.5) is 0 Å². The Morgan fingerprint density at radius 2 is 1.71 bits per heavy atom. The molecule has 0 aromatic heterocycles. The normalized spacial score (nSPS) is 34.8. The van der Waals surface area contributed by atoms with E-state index in [2.05, 4.69) is 0 Å². The summed E-state index contributed by atoms with van der Waals surface area (Å²) in [7, 11) is -3.04. The molecule has 14 heavy (non-hydrogen) atoms. The van der Waals surface area contributed by atoms with E-state index in [1.165, 1.54) is 0 Å². The van der Waals surface area contributed by atoms with Crippen LogP contribution in [-0.4, -0.2) is 24.5 Å². The topological polar surface area (TPSA) is 60.2 Å². The van der Waals surface area contributed by atoms with Crippen molar-refractivity contribution in [2.75, 3.05) is 0 Å². The molecule has 0 aromatic carbocycles. The van der Waals surface area contributed by atoms with Crippen LogP contribution >= 0.6 is 0 Å². The van der Waals surface area contributed by atoms with Gasteiger partial charge in [-0.2, -0.15) is 0 Å². The summed E-state index contributed by atoms with van der Waals surface area (Å²) in [6, 6.07) is 0.0529. The van der Waals surface area contributed by atoms with Crippen molar-refractivity contribution in [2.45, 2.75) is 56.6 Å². The summed E-state index contributed by atoms with van der Waals surface area (Å²) in [5, 5.41) is -0.238. The minimum absolute atomic E-state index is 0.0529. The quantitative estimate of drug-likeness (QED) is 0.723. The van der Waals surface area contributed by atoms with E-state index in [0.29, 0.717) is 0 Å². The first-order valence-corrected chi connectivity index (χ1v) is 6.71. The SMILES string of the molecule is CC1C(N)CCC1S(=O)(=O)C(C)(C)C. The average Bonchev–Trinajstić information content (AvgIpc) is 2.30. The summed E-state index contributed by atoms with van der Waals surface area (Å²) >= 11 is 0. The maximum Gasteiger partial charge on any atom is 0.158 e. The Kier molecular flexibility index (Phi) is 2.99. The monoisotopic (exact) mass is 219 g/mol. The van der Waals surface area contributed by atoms with E-state index in [1.54, 1.807) is 20.8 Å². The Balaban J connectivity index is 2.96. The number of rotatable bonds is 1. The van der Waals surface area contributed by atoms with Gasteiger partial charge in [0.15, 0.2) is 9.84 Å². The molecule has 0 aromatic rings. The van der Waals surface area contributed by atoms with Crippen molar-refractivity contribution in [3.05, 3.63) is 0 Å². The summed E-state index contributed by atoms with van der Waals surface area (Å²) in [4.78, 5) is 0. The molecule has 0 spiro atoms. The third-order valence-electron chi connectivity index (χ3n) is 3.30. The van der Waals surface area contributed by atoms with Gasteiger partial charge >= 0.3 is 0 Å². The van der Waals surface area contributed by atoms with Crippen molar-refractivity contribution in [3.8, 4) is 0 Å². The first-order chi connectivity index (χ1) is 6.18. The minimum Gasteiger partial charge on any atom is -0.327 e. The van der Waals surface area contributed by atoms with Gasteiger partial charge in [0.25, 0.3) is 0 Å². The van der Waals surface area contributed by atoms with E-state index in [9.17, 15) is 8.42 Å². The van der Waals surface area contributed by atoms with Gasteiger partial charge in [-0.05, 0) is 39.5 Å². The van der Waals surface area contributed by atoms with Crippen LogP contribution in [0, 0.1) is 5.92 Å². The molecule has 1 rings (SSSR count). The van der Waals surface area contributed by atoms with Gasteiger partial charge in [0.1, 0.15) is 0 Å². The van der Waals surface area contributed by atoms with Crippen LogP contribution in [0.5, 0.6) is 0 Å². The molecule has 1 aliphatic carbocycles. The molecule has 84 valence electrons. The lowest BCUT2D eigenvalue weighted by Crippen LogP contribution is -2.41. The highest BCUT2D eigenvalue weighted by Crippen LogP contribution is 2.35. The average molecular weight is 219 g/mol. The molecular weight excluding hydrogens is 198 g/mol. The molecule has 1 aliphatic rings. The Morgan fingerprint density at radius 1 is 1.21 bits per heavy atom. The van der Waals surface area contributed by atoms with Crippen molar-refractivity contribution in [1.29, 1.82) is 0 Å². The summed E-state index contributed by atoms with van der Waals surface area (Å²) < 4.78 is 23.7. The van der Waals surface area contributed by atoms with Crippen LogP contribution in [-0.2, 0) is 9.84 Å². The molecule has 4 heteroatoms. The highest BCUT2D eigenvalue weighted by atomic mass is 32.2. The minimum atomic E-state index is -3.04. The molecule has 0 aliphatic heterocycles. The highest BCUT2D eigenvalue weighted by molar-refractivity contribution is 7.93. The fourth-order valence-corrected chi connectivity index (χ4v) is 4.17. The molecule has 3 unspecified atom stereocenters. The number of hydrogen-bond acceptors (Lipinski definition) is 3. The third kappa shape index (κ3) is 1.82. The molecular formula is C10H21NO2S. The molecule has 2 N–H and O–H groups in total. The lowest BCUT2D eigenvalue weighted by atomic mass is 10.1. The van der Waals surface area contributed by atoms with E-state index in [0.717, 1.165) is 12.8 Å². The zero-order valence-electron chi connectivity index (χ0n) is 9.45. The van der Waals surface area contributed by atoms with Crippen LogP contribution in [0.15, 0.2) is 0 Å². The molecule has 0 bridgehead atoms. The Labute approximate surface area is 87.0 Å². The second kappa shape index (κ2) is 3.49. The van der Waals surface area contributed by atoms with E-state index in [4.69, 9.17) is 5.73 Å². The second-order valence-corrected chi connectivity index (χ2v) is 8.22. The number of nitrogens with two attached hydrogens (primary N) is 1. The number of hydrogen-bond donors (Lipinski definition) is 1. The first-order valence-electron chi connectivity index (χ1n) is 5.17. The van der Waals surface area contributed by atoms with Gasteiger partial charge in [-0.15, -0.1) is 0 Å². The van der Waals surface area contributed by atoms with E-state index < -0.39 is 14.6 Å². The van der Waals surface area contributed by atoms with Gasteiger partial charge in [0.2, 0.25) is 0 Å². The lowest BCUT2D eigenvalue weighted by Gasteiger charge is -2.27. The van der Waals surface area contributed by atoms with Gasteiger partial charge in [-0.3, -0.25) is 0 Å². The molecule has 0 radical (unpaired) electrons. The van der Waals surface area contributed by atoms with Crippen molar-refractivity contribution >= 4 is 9.84 Å². The Bertz CT molecular complexity index is 303. The molecule has 0 saturated heterocycles. The Morgan fingerprint density at radius 3 is 2.00 bits per heavy atom. The summed E-state index contributed by atoms with van der Waals surface area (Å²) in [6.07, 6.45) is 1.56. The zero-order chi connectivity index (χ0) is 11.1. The summed E-state index contributed by atoms with van der Waals surface area (Å²) in [6.45, 7) is 7.24. The van der Waals surface area contributed by atoms with E-state index >= 15 is 0 Å². The predicted molar refractivity (Wildman–Crippen MR) is 58.8 cm³/mol. The summed E-state index contributed by atoms with van der Waals surface area (Å²) in [5.74, 6) is 0.0965. The predicted octanol–water partition coefficient (Wildman–Crippen LogP) is 1.33. The molecule has 3 atom stereocenters. The lowest BCUT2D eigenvalue weighted by molar-refractivity contribution is 0.491. The van der Waals surface area contributed by atoms with Crippen LogP contribution < -0.4 is 5.73 Å². The van der Waals surface area contributed by atoms with Crippen molar-refractivity contribution in [1.82, 2.24) is 0 Å². The van der Waals surface area contributed by atoms with Gasteiger partial charge in [0.05, 0.1) is 10.00 Å². The fourth-order valence-electron chi connectivity index (χ4n) is 2.05. The molecule has 0 amide bonds. The number of sulfone groups is 1. The van der Waals surface area contributed by atoms with Gasteiger partial charge in [-0.1, -0.05) is 6.92 Å². The largest absolute Gasteiger partial charge is 0.327 e. The van der Waals surface area contributed by atoms with Crippen LogP contribution in [0.3, 0.4) is 0 Å². The van der Waals surface area contributed by atoms with Gasteiger partial charge in [-0.25, -0.2) is 8.42 Å². The molecule has 1 saturated carbocycles. The summed E-state index contributed by atoms with van der Waals surface area (Å²) in [5.41, 5.74) is 5.84. The molecule has 1 fully saturated rings. The Hall–Kier alpha value is -0.0900. The maximum atomic E-state index is 12.2. The van der Waals surface area contributed by atoms with Crippen molar-refractivity contribution in [3.63, 3.8) is 0 Å². The van der Waals surface area contributed by atoms with Crippen LogP contribution in [0.25, 0.3) is 0 Å². The van der Waals surface area contributed by atoms with E-state index in [1.807, 2.05) is 6.92 Å². The fraction of sp³-hybridized carbons (Fsp3) is 1.00. The molecule has 0 heterocycles. The smallest absolute Gasteiger partial charge is 0.158 e. The van der Waals surface area contributed by atoms with Crippen LogP contribution in [0.2, 0.25) is 0 Å². The van der Waals surface area contributed by atoms with E-state index in [-0.39, 0.29) is 17.2 Å². The van der Waals surface area contributed by atoms with Crippen molar-refractivity contribution < 1.29 is 8.42 Å². The standard InChI is InChI=1S/C10H21NO2S/c1-7-8(11)5-6-9(7)14(12,13)10(2,3)4/h7-9H,5-6,11H2,1-4H3. The third-order valence-corrected chi connectivity index (χ3v) is 6.47. The van der Waals surface area contributed by atoms with Crippen molar-refractivity contribution in [2.24, 2.45) is 11.7 Å². The van der Waals surface area contributed by atoms with Gasteiger partial charge in [0, 0.05) is 6.04 Å². The molecule has 3 nitrogen and oxygen atoms in total. The van der Waals surface area contributed by atoms with Crippen LogP contribution in [0.1, 0.15) is 40.5 Å². The van der Waals surface area contributed by atoms with Gasteiger partial charge < -0.3 is 5.73 Å². The highest BCUT2D eigenvalue weighted by Gasteiger charge is 2.44. The first kappa shape index (κ1) is 12.0. The maximum absolute atomic E-state index is 12.2. The second-order valence-electron chi connectivity index (χ2n) is 5.30.